The van der Waals surface area contributed by atoms with E-state index in [1.165, 1.54) is 21.2 Å². The summed E-state index contributed by atoms with van der Waals surface area (Å²) in [5.74, 6) is 11.6. The second kappa shape index (κ2) is 22.0. The van der Waals surface area contributed by atoms with E-state index < -0.39 is 18.0 Å². The second-order valence-electron chi connectivity index (χ2n) is 18.1. The summed E-state index contributed by atoms with van der Waals surface area (Å²) < 4.78 is 6.34. The fourth-order valence-corrected chi connectivity index (χ4v) is 8.92. The van der Waals surface area contributed by atoms with Gasteiger partial charge in [-0.1, -0.05) is 84.6 Å². The van der Waals surface area contributed by atoms with Gasteiger partial charge in [-0.05, 0) is 87.1 Å². The number of carbonyl (C=O) groups excluding carboxylic acids is 2. The Morgan fingerprint density at radius 2 is 1.04 bits per heavy atom. The van der Waals surface area contributed by atoms with Crippen molar-refractivity contribution in [2.24, 2.45) is 14.1 Å². The molecular weight excluding hydrogens is 981 g/mol. The van der Waals surface area contributed by atoms with Crippen LogP contribution in [0.2, 0.25) is 0 Å². The molecule has 2 atom stereocenters. The largest absolute Gasteiger partial charge is 0.344 e. The number of nitrogens with zero attached hydrogens (tertiary/aromatic N) is 12. The molecule has 0 aliphatic carbocycles. The molecule has 9 aromatic heterocycles. The normalized spacial score (nSPS) is 11.6. The van der Waals surface area contributed by atoms with E-state index in [9.17, 15) is 19.2 Å². The van der Waals surface area contributed by atoms with Gasteiger partial charge in [0, 0.05) is 56.7 Å². The highest BCUT2D eigenvalue weighted by Gasteiger charge is 2.26. The molecule has 9 heterocycles. The zero-order chi connectivity index (χ0) is 54.5. The van der Waals surface area contributed by atoms with Crippen LogP contribution in [0.5, 0.6) is 0 Å². The van der Waals surface area contributed by atoms with Gasteiger partial charge in [0.15, 0.2) is 0 Å². The van der Waals surface area contributed by atoms with Gasteiger partial charge in [0.05, 0.1) is 80.6 Å². The van der Waals surface area contributed by atoms with Crippen molar-refractivity contribution >= 4 is 34.0 Å². The van der Waals surface area contributed by atoms with Crippen molar-refractivity contribution in [3.8, 4) is 45.9 Å². The molecule has 18 nitrogen and oxygen atoms in total. The number of amides is 2. The summed E-state index contributed by atoms with van der Waals surface area (Å²) in [4.78, 5) is 81.6. The number of aryl methyl sites for hydroxylation is 4. The number of benzene rings is 2. The predicted octanol–water partition coefficient (Wildman–Crippen LogP) is 7.32. The fraction of sp³-hybridized carbons (Fsp3) is 0.133. The first kappa shape index (κ1) is 50.8. The molecular formula is C60H48N14O4. The Hall–Kier alpha value is -10.7. The number of aromatic nitrogens is 12. The number of rotatable bonds is 8. The van der Waals surface area contributed by atoms with Crippen LogP contribution in [-0.2, 0) is 14.1 Å². The van der Waals surface area contributed by atoms with Gasteiger partial charge < -0.3 is 10.6 Å². The first-order valence-electron chi connectivity index (χ1n) is 24.7. The Morgan fingerprint density at radius 1 is 0.526 bits per heavy atom. The molecule has 0 aliphatic heterocycles. The Balaban J connectivity index is 0.000000177. The van der Waals surface area contributed by atoms with E-state index in [1.807, 2.05) is 87.7 Å². The Morgan fingerprint density at radius 3 is 1.54 bits per heavy atom. The number of hydrogen-bond acceptors (Lipinski definition) is 12. The molecule has 0 spiro atoms. The van der Waals surface area contributed by atoms with Gasteiger partial charge in [-0.15, -0.1) is 0 Å². The van der Waals surface area contributed by atoms with E-state index in [-0.39, 0.29) is 22.7 Å². The van der Waals surface area contributed by atoms with Gasteiger partial charge in [0.25, 0.3) is 22.9 Å². The monoisotopic (exact) mass is 1030 g/mol. The SMILES string of the molecule is Cc1ncc2cccnc2c1C(=O)N[C@@H](C)c1nc2cccc(C#Cc3cnn(C)c3)n2c(=O)c1-c1ccccc1.Cc1nccnc1C(=O)N[C@@H](C)c1nc2cccc(C#Cc3cnn(C)c3)n2c(=O)c1-c1ccccc1. The summed E-state index contributed by atoms with van der Waals surface area (Å²) in [6.07, 6.45) is 13.3. The number of carbonyl (C=O) groups is 2. The highest BCUT2D eigenvalue weighted by atomic mass is 16.2. The van der Waals surface area contributed by atoms with Crippen LogP contribution in [0.1, 0.15) is 92.1 Å². The molecule has 0 bridgehead atoms. The maximum absolute atomic E-state index is 14.2. The summed E-state index contributed by atoms with van der Waals surface area (Å²) in [6, 6.07) is 31.7. The lowest BCUT2D eigenvalue weighted by Gasteiger charge is -2.19. The summed E-state index contributed by atoms with van der Waals surface area (Å²) >= 11 is 0. The van der Waals surface area contributed by atoms with Crippen LogP contribution in [0.15, 0.2) is 168 Å². The minimum atomic E-state index is -0.612. The molecule has 0 radical (unpaired) electrons. The van der Waals surface area contributed by atoms with Crippen LogP contribution in [0.25, 0.3) is 44.5 Å². The summed E-state index contributed by atoms with van der Waals surface area (Å²) in [7, 11) is 3.64. The molecule has 2 amide bonds. The topological polar surface area (TPSA) is 214 Å². The lowest BCUT2D eigenvalue weighted by Crippen LogP contribution is -2.31. The van der Waals surface area contributed by atoms with Gasteiger partial charge in [-0.3, -0.25) is 52.3 Å². The van der Waals surface area contributed by atoms with E-state index in [1.54, 1.807) is 110 Å². The third-order valence-corrected chi connectivity index (χ3v) is 12.6. The van der Waals surface area contributed by atoms with Crippen molar-refractivity contribution in [3.05, 3.63) is 236 Å². The molecule has 18 heteroatoms. The molecule has 0 saturated heterocycles. The number of fused-ring (bicyclic) bond motifs is 3. The molecule has 2 aromatic carbocycles. The third kappa shape index (κ3) is 10.5. The van der Waals surface area contributed by atoms with Crippen molar-refractivity contribution in [1.29, 1.82) is 0 Å². The molecule has 11 rings (SSSR count). The van der Waals surface area contributed by atoms with Crippen molar-refractivity contribution < 1.29 is 9.59 Å². The Labute approximate surface area is 446 Å². The average Bonchev–Trinajstić information content (AvgIpc) is 4.19. The van der Waals surface area contributed by atoms with E-state index >= 15 is 0 Å². The smallest absolute Gasteiger partial charge is 0.272 e. The van der Waals surface area contributed by atoms with Crippen LogP contribution in [0.4, 0.5) is 0 Å². The van der Waals surface area contributed by atoms with Gasteiger partial charge in [-0.25, -0.2) is 15.0 Å². The average molecular weight is 1030 g/mol. The van der Waals surface area contributed by atoms with Crippen molar-refractivity contribution in [2.75, 3.05) is 0 Å². The Kier molecular flexibility index (Phi) is 14.3. The van der Waals surface area contributed by atoms with E-state index in [0.717, 1.165) is 16.5 Å². The number of hydrogen-bond donors (Lipinski definition) is 2. The summed E-state index contributed by atoms with van der Waals surface area (Å²) in [5, 5.41) is 15.0. The Bertz CT molecular complexity index is 4370. The zero-order valence-electron chi connectivity index (χ0n) is 43.2. The van der Waals surface area contributed by atoms with Gasteiger partial charge in [0.1, 0.15) is 28.4 Å². The van der Waals surface area contributed by atoms with E-state index in [4.69, 9.17) is 9.97 Å². The fourth-order valence-electron chi connectivity index (χ4n) is 8.92. The molecule has 0 aliphatic rings. The van der Waals surface area contributed by atoms with Crippen molar-refractivity contribution in [2.45, 2.75) is 39.8 Å². The minimum absolute atomic E-state index is 0.223. The van der Waals surface area contributed by atoms with Crippen molar-refractivity contribution in [3.63, 3.8) is 0 Å². The first-order valence-corrected chi connectivity index (χ1v) is 24.7. The molecule has 11 aromatic rings. The van der Waals surface area contributed by atoms with Gasteiger partial charge >= 0.3 is 0 Å². The molecule has 382 valence electrons. The third-order valence-electron chi connectivity index (χ3n) is 12.6. The van der Waals surface area contributed by atoms with E-state index in [0.29, 0.717) is 78.8 Å². The maximum Gasteiger partial charge on any atom is 0.272 e. The molecule has 0 saturated carbocycles. The number of pyridine rings is 4. The molecule has 0 unspecified atom stereocenters. The molecule has 78 heavy (non-hydrogen) atoms. The maximum atomic E-state index is 14.2. The zero-order valence-corrected chi connectivity index (χ0v) is 43.2. The quantitative estimate of drug-likeness (QED) is 0.143. The predicted molar refractivity (Wildman–Crippen MR) is 295 cm³/mol. The van der Waals surface area contributed by atoms with E-state index in [2.05, 4.69) is 64.4 Å². The summed E-state index contributed by atoms with van der Waals surface area (Å²) in [5.41, 5.74) is 8.05. The van der Waals surface area contributed by atoms with Crippen molar-refractivity contribution in [1.82, 2.24) is 68.9 Å². The standard InChI is InChI=1S/C32H25N7O2.C28H23N7O2/c1-20-27(30-24(18-34-20)11-8-16-33-30)31(40)36-21(2)29-28(23-9-5-4-6-10-23)32(41)39-25(12-7-13-26(39)37-29)15-14-22-17-35-38(3)19-22;1-18-26(30-15-14-29-18)27(36)32-19(2)25-24(21-8-5-4-6-9-21)28(37)35-22(10-7-11-23(35)33-25)13-12-20-16-31-34(3)17-20/h4-13,16-19,21H,1-3H3,(H,36,40);4-11,14-17,19H,1-3H3,(H,32,36)/t21-;19-/m00/s1. The van der Waals surface area contributed by atoms with Gasteiger partial charge in [0.2, 0.25) is 0 Å². The first-order chi connectivity index (χ1) is 37.8. The number of nitrogens with one attached hydrogen (secondary N) is 2. The van der Waals surface area contributed by atoms with Crippen LogP contribution in [0.3, 0.4) is 0 Å². The molecule has 2 N–H and O–H groups in total. The minimum Gasteiger partial charge on any atom is -0.344 e. The highest BCUT2D eigenvalue weighted by molar-refractivity contribution is 6.06. The van der Waals surface area contributed by atoms with Crippen LogP contribution >= 0.6 is 0 Å². The van der Waals surface area contributed by atoms with Crippen LogP contribution in [0, 0.1) is 37.5 Å². The second-order valence-corrected chi connectivity index (χ2v) is 18.1. The lowest BCUT2D eigenvalue weighted by molar-refractivity contribution is 0.0927. The van der Waals surface area contributed by atoms with Crippen LogP contribution in [-0.4, -0.2) is 70.1 Å². The van der Waals surface area contributed by atoms with Gasteiger partial charge in [-0.2, -0.15) is 10.2 Å². The van der Waals surface area contributed by atoms with Crippen LogP contribution < -0.4 is 21.8 Å². The highest BCUT2D eigenvalue weighted by Crippen LogP contribution is 2.28. The molecule has 0 fully saturated rings. The summed E-state index contributed by atoms with van der Waals surface area (Å²) in [6.45, 7) is 7.10. The lowest BCUT2D eigenvalue weighted by atomic mass is 10.0.